The average Bonchev–Trinajstić information content (AvgIpc) is 3.54. The predicted molar refractivity (Wildman–Crippen MR) is 126 cm³/mol. The summed E-state index contributed by atoms with van der Waals surface area (Å²) in [5.74, 6) is 0.256. The Labute approximate surface area is 196 Å². The summed E-state index contributed by atoms with van der Waals surface area (Å²) in [6.07, 6.45) is 6.33. The van der Waals surface area contributed by atoms with Gasteiger partial charge in [-0.3, -0.25) is 4.98 Å². The van der Waals surface area contributed by atoms with Crippen molar-refractivity contribution in [3.8, 4) is 11.3 Å². The molecule has 1 saturated heterocycles. The van der Waals surface area contributed by atoms with Gasteiger partial charge in [0.1, 0.15) is 17.6 Å². The van der Waals surface area contributed by atoms with Crippen LogP contribution in [0.5, 0.6) is 0 Å². The number of pyridine rings is 1. The van der Waals surface area contributed by atoms with Crippen LogP contribution in [0.15, 0.2) is 59.1 Å². The van der Waals surface area contributed by atoms with Gasteiger partial charge in [-0.25, -0.2) is 4.79 Å². The number of nitrogens with one attached hydrogen (secondary N) is 1. The second kappa shape index (κ2) is 8.56. The van der Waals surface area contributed by atoms with E-state index in [1.54, 1.807) is 12.3 Å². The quantitative estimate of drug-likeness (QED) is 0.472. The number of hydrogen-bond donors (Lipinski definition) is 2. The van der Waals surface area contributed by atoms with E-state index in [9.17, 15) is 9.90 Å². The molecule has 2 aliphatic rings. The highest BCUT2D eigenvalue weighted by Crippen LogP contribution is 2.44. The highest BCUT2D eigenvalue weighted by molar-refractivity contribution is 7.80. The Morgan fingerprint density at radius 3 is 2.72 bits per heavy atom. The number of aromatic nitrogens is 1. The zero-order chi connectivity index (χ0) is 22.2. The average molecular weight is 468 g/mol. The van der Waals surface area contributed by atoms with Crippen LogP contribution in [-0.2, 0) is 0 Å². The molecule has 5 rings (SSSR count). The number of nitrogens with zero attached hydrogens (tertiary/aromatic N) is 2. The van der Waals surface area contributed by atoms with Crippen LogP contribution in [0.4, 0.5) is 0 Å². The SMILES string of the molecule is O=C(O)c1ccc(Cl)c(-c2ccc([C@H]3[C@H](c4ccccn4)NC(=S)N3C3CCCC3)o2)c1. The molecule has 6 nitrogen and oxygen atoms in total. The third-order valence-corrected chi connectivity index (χ3v) is 6.91. The standard InChI is InChI=1S/C24H22ClN3O3S/c25-17-9-8-14(23(29)30)13-16(17)19-10-11-20(31-19)22-21(18-7-3-4-12-26-18)27-24(32)28(22)15-5-1-2-6-15/h3-4,7-13,15,21-22H,1-2,5-6H2,(H,27,32)(H,29,30)/t21-,22-/m0/s1. The third-order valence-electron chi connectivity index (χ3n) is 6.25. The summed E-state index contributed by atoms with van der Waals surface area (Å²) in [5.41, 5.74) is 1.60. The molecule has 1 aliphatic carbocycles. The Hall–Kier alpha value is -2.90. The van der Waals surface area contributed by atoms with Crippen molar-refractivity contribution in [1.29, 1.82) is 0 Å². The monoisotopic (exact) mass is 467 g/mol. The largest absolute Gasteiger partial charge is 0.478 e. The van der Waals surface area contributed by atoms with Crippen molar-refractivity contribution in [2.75, 3.05) is 0 Å². The summed E-state index contributed by atoms with van der Waals surface area (Å²) in [6, 6.07) is 14.3. The molecule has 0 unspecified atom stereocenters. The molecular weight excluding hydrogens is 446 g/mol. The van der Waals surface area contributed by atoms with E-state index in [1.165, 1.54) is 25.0 Å². The van der Waals surface area contributed by atoms with Gasteiger partial charge in [0, 0.05) is 17.8 Å². The van der Waals surface area contributed by atoms with Gasteiger partial charge >= 0.3 is 5.97 Å². The van der Waals surface area contributed by atoms with Gasteiger partial charge in [-0.05, 0) is 67.5 Å². The predicted octanol–water partition coefficient (Wildman–Crippen LogP) is 5.61. The minimum atomic E-state index is -1.01. The molecule has 0 radical (unpaired) electrons. The number of benzene rings is 1. The van der Waals surface area contributed by atoms with Crippen LogP contribution in [0.25, 0.3) is 11.3 Å². The number of furan rings is 1. The van der Waals surface area contributed by atoms with Crippen molar-refractivity contribution in [2.45, 2.75) is 43.8 Å². The highest BCUT2D eigenvalue weighted by Gasteiger charge is 2.45. The van der Waals surface area contributed by atoms with Crippen LogP contribution in [0.3, 0.4) is 0 Å². The number of halogens is 1. The Morgan fingerprint density at radius 2 is 2.00 bits per heavy atom. The molecule has 2 atom stereocenters. The van der Waals surface area contributed by atoms with Gasteiger partial charge in [0.05, 0.1) is 22.3 Å². The molecule has 164 valence electrons. The van der Waals surface area contributed by atoms with E-state index in [2.05, 4.69) is 15.2 Å². The number of thiocarbonyl (C=S) groups is 1. The third kappa shape index (κ3) is 3.76. The fourth-order valence-corrected chi connectivity index (χ4v) is 5.35. The molecule has 2 aromatic heterocycles. The van der Waals surface area contributed by atoms with E-state index in [-0.39, 0.29) is 17.6 Å². The Morgan fingerprint density at radius 1 is 1.19 bits per heavy atom. The molecular formula is C24H22ClN3O3S. The Kier molecular flexibility index (Phi) is 5.61. The molecule has 0 amide bonds. The molecule has 32 heavy (non-hydrogen) atoms. The van der Waals surface area contributed by atoms with Crippen molar-refractivity contribution in [2.24, 2.45) is 0 Å². The highest BCUT2D eigenvalue weighted by atomic mass is 35.5. The zero-order valence-electron chi connectivity index (χ0n) is 17.2. The summed E-state index contributed by atoms with van der Waals surface area (Å²) in [7, 11) is 0. The van der Waals surface area contributed by atoms with E-state index in [1.807, 2.05) is 30.3 Å². The molecule has 3 heterocycles. The maximum Gasteiger partial charge on any atom is 0.335 e. The van der Waals surface area contributed by atoms with Gasteiger partial charge in [0.2, 0.25) is 0 Å². The first-order valence-corrected chi connectivity index (χ1v) is 11.4. The normalized spacial score (nSPS) is 21.2. The molecule has 1 saturated carbocycles. The molecule has 1 aliphatic heterocycles. The van der Waals surface area contributed by atoms with Crippen molar-refractivity contribution < 1.29 is 14.3 Å². The molecule has 0 spiro atoms. The van der Waals surface area contributed by atoms with Gasteiger partial charge in [-0.1, -0.05) is 30.5 Å². The topological polar surface area (TPSA) is 78.6 Å². The first kappa shape index (κ1) is 21.0. The lowest BCUT2D eigenvalue weighted by Gasteiger charge is -2.31. The molecule has 2 fully saturated rings. The van der Waals surface area contributed by atoms with Crippen LogP contribution in [0.1, 0.15) is 59.6 Å². The van der Waals surface area contributed by atoms with Crippen molar-refractivity contribution in [3.63, 3.8) is 0 Å². The summed E-state index contributed by atoms with van der Waals surface area (Å²) in [6.45, 7) is 0. The smallest absolute Gasteiger partial charge is 0.335 e. The maximum atomic E-state index is 11.4. The number of aromatic carboxylic acids is 1. The lowest BCUT2D eigenvalue weighted by molar-refractivity contribution is 0.0697. The van der Waals surface area contributed by atoms with Crippen LogP contribution in [0, 0.1) is 0 Å². The summed E-state index contributed by atoms with van der Waals surface area (Å²) in [4.78, 5) is 18.3. The summed E-state index contributed by atoms with van der Waals surface area (Å²) in [5, 5.41) is 14.0. The fraction of sp³-hybridized carbons (Fsp3) is 0.292. The van der Waals surface area contributed by atoms with E-state index >= 15 is 0 Å². The van der Waals surface area contributed by atoms with E-state index in [0.29, 0.717) is 27.5 Å². The van der Waals surface area contributed by atoms with E-state index in [0.717, 1.165) is 24.3 Å². The second-order valence-electron chi connectivity index (χ2n) is 8.17. The number of carbonyl (C=O) groups is 1. The Balaban J connectivity index is 1.56. The van der Waals surface area contributed by atoms with Crippen molar-refractivity contribution >= 4 is 34.9 Å². The molecule has 8 heteroatoms. The van der Waals surface area contributed by atoms with Crippen LogP contribution < -0.4 is 5.32 Å². The first-order chi connectivity index (χ1) is 15.5. The first-order valence-electron chi connectivity index (χ1n) is 10.7. The number of carboxylic acid groups (broad SMARTS) is 1. The van der Waals surface area contributed by atoms with Gasteiger partial charge in [-0.15, -0.1) is 0 Å². The zero-order valence-corrected chi connectivity index (χ0v) is 18.8. The minimum absolute atomic E-state index is 0.149. The number of carboxylic acids is 1. The van der Waals surface area contributed by atoms with Gasteiger partial charge < -0.3 is 19.7 Å². The van der Waals surface area contributed by atoms with Crippen LogP contribution in [0.2, 0.25) is 5.02 Å². The maximum absolute atomic E-state index is 11.4. The summed E-state index contributed by atoms with van der Waals surface area (Å²) >= 11 is 12.1. The summed E-state index contributed by atoms with van der Waals surface area (Å²) < 4.78 is 6.31. The Bertz CT molecular complexity index is 1160. The van der Waals surface area contributed by atoms with Crippen LogP contribution >= 0.6 is 23.8 Å². The number of rotatable bonds is 5. The van der Waals surface area contributed by atoms with Crippen molar-refractivity contribution in [1.82, 2.24) is 15.2 Å². The van der Waals surface area contributed by atoms with Gasteiger partial charge in [0.25, 0.3) is 0 Å². The van der Waals surface area contributed by atoms with E-state index in [4.69, 9.17) is 28.2 Å². The number of hydrogen-bond acceptors (Lipinski definition) is 4. The molecule has 3 aromatic rings. The van der Waals surface area contributed by atoms with Gasteiger partial charge in [0.15, 0.2) is 5.11 Å². The van der Waals surface area contributed by atoms with Gasteiger partial charge in [-0.2, -0.15) is 0 Å². The fourth-order valence-electron chi connectivity index (χ4n) is 4.75. The lowest BCUT2D eigenvalue weighted by Crippen LogP contribution is -2.37. The molecule has 1 aromatic carbocycles. The lowest BCUT2D eigenvalue weighted by atomic mass is 10.0. The minimum Gasteiger partial charge on any atom is -0.478 e. The molecule has 0 bridgehead atoms. The van der Waals surface area contributed by atoms with E-state index < -0.39 is 5.97 Å². The van der Waals surface area contributed by atoms with Crippen molar-refractivity contribution in [3.05, 3.63) is 76.8 Å². The molecule has 2 N–H and O–H groups in total. The second-order valence-corrected chi connectivity index (χ2v) is 8.97. The van der Waals surface area contributed by atoms with Crippen LogP contribution in [-0.4, -0.2) is 32.1 Å².